The van der Waals surface area contributed by atoms with Crippen LogP contribution in [0.15, 0.2) is 66.9 Å². The van der Waals surface area contributed by atoms with E-state index in [1.165, 1.54) is 7.11 Å². The highest BCUT2D eigenvalue weighted by Gasteiger charge is 2.37. The van der Waals surface area contributed by atoms with Crippen LogP contribution in [0.25, 0.3) is 27.9 Å². The number of hydrogen-bond donors (Lipinski definition) is 0. The molecule has 0 aliphatic carbocycles. The first-order valence-electron chi connectivity index (χ1n) is 17.0. The van der Waals surface area contributed by atoms with Crippen LogP contribution in [0.1, 0.15) is 76.7 Å². The second kappa shape index (κ2) is 13.7. The van der Waals surface area contributed by atoms with Gasteiger partial charge in [-0.2, -0.15) is 10.4 Å². The van der Waals surface area contributed by atoms with Gasteiger partial charge >= 0.3 is 5.97 Å². The largest absolute Gasteiger partial charge is 0.490 e. The Labute approximate surface area is 289 Å². The summed E-state index contributed by atoms with van der Waals surface area (Å²) in [5, 5.41) is 14.8. The van der Waals surface area contributed by atoms with Gasteiger partial charge in [-0.3, -0.25) is 0 Å². The molecule has 5 heterocycles. The lowest BCUT2D eigenvalue weighted by atomic mass is 9.91. The molecule has 2 atom stereocenters. The van der Waals surface area contributed by atoms with E-state index in [1.807, 2.05) is 68.7 Å². The van der Waals surface area contributed by atoms with Gasteiger partial charge in [0.05, 0.1) is 59.6 Å². The maximum Gasteiger partial charge on any atom is 0.339 e. The number of esters is 1. The van der Waals surface area contributed by atoms with Gasteiger partial charge in [0.25, 0.3) is 0 Å². The van der Waals surface area contributed by atoms with E-state index in [9.17, 15) is 10.1 Å². The van der Waals surface area contributed by atoms with Crippen LogP contribution in [0.4, 0.5) is 5.69 Å². The molecule has 0 amide bonds. The molecule has 0 unspecified atom stereocenters. The molecule has 1 fully saturated rings. The molecule has 3 aliphatic rings. The number of methoxy groups -OCH3 is 1. The zero-order valence-electron chi connectivity index (χ0n) is 29.6. The quantitative estimate of drug-likeness (QED) is 0.161. The molecule has 49 heavy (non-hydrogen) atoms. The normalized spacial score (nSPS) is 20.4. The zero-order chi connectivity index (χ0) is 34.9. The van der Waals surface area contributed by atoms with E-state index in [1.54, 1.807) is 6.07 Å². The maximum absolute atomic E-state index is 13.4. The Bertz CT molecular complexity index is 1920. The van der Waals surface area contributed by atoms with Crippen LogP contribution < -0.4 is 9.64 Å². The van der Waals surface area contributed by atoms with Gasteiger partial charge in [-0.1, -0.05) is 30.4 Å². The molecule has 6 bridgehead atoms. The number of pyridine rings is 1. The van der Waals surface area contributed by atoms with Gasteiger partial charge in [-0.05, 0) is 95.8 Å². The molecule has 3 aliphatic heterocycles. The summed E-state index contributed by atoms with van der Waals surface area (Å²) in [6.07, 6.45) is 7.47. The van der Waals surface area contributed by atoms with Crippen LogP contribution in [0.5, 0.6) is 5.75 Å². The molecule has 0 radical (unpaired) electrons. The molecule has 1 saturated heterocycles. The molecule has 0 spiro atoms. The van der Waals surface area contributed by atoms with Gasteiger partial charge in [-0.15, -0.1) is 0 Å². The van der Waals surface area contributed by atoms with Crippen molar-refractivity contribution in [2.24, 2.45) is 0 Å². The minimum atomic E-state index is -0.930. The minimum Gasteiger partial charge on any atom is -0.490 e. The summed E-state index contributed by atoms with van der Waals surface area (Å²) in [6, 6.07) is 18.1. The molecule has 0 N–H and O–H groups in total. The summed E-state index contributed by atoms with van der Waals surface area (Å²) in [4.78, 5) is 15.8. The van der Waals surface area contributed by atoms with Crippen molar-refractivity contribution in [3.63, 3.8) is 0 Å². The smallest absolute Gasteiger partial charge is 0.339 e. The highest BCUT2D eigenvalue weighted by atomic mass is 16.6. The molecule has 9 heteroatoms. The topological polar surface area (TPSA) is 98.3 Å². The van der Waals surface area contributed by atoms with Gasteiger partial charge in [0, 0.05) is 42.4 Å². The summed E-state index contributed by atoms with van der Waals surface area (Å²) in [5.41, 5.74) is 6.57. The number of benzene rings is 2. The lowest BCUT2D eigenvalue weighted by Crippen LogP contribution is -2.45. The Balaban J connectivity index is 1.56. The van der Waals surface area contributed by atoms with Crippen molar-refractivity contribution in [3.8, 4) is 34.2 Å². The number of carbonyl (C=O) groups excluding carboxylic acids is 1. The molecule has 2 aromatic carbocycles. The van der Waals surface area contributed by atoms with Crippen LogP contribution in [0.3, 0.4) is 0 Å². The van der Waals surface area contributed by atoms with Gasteiger partial charge in [0.1, 0.15) is 5.75 Å². The number of anilines is 1. The summed E-state index contributed by atoms with van der Waals surface area (Å²) in [6.45, 7) is 14.0. The summed E-state index contributed by atoms with van der Waals surface area (Å²) < 4.78 is 26.6. The Morgan fingerprint density at radius 3 is 2.57 bits per heavy atom. The average Bonchev–Trinajstić information content (AvgIpc) is 3.50. The SMILES string of the molecule is COC(=O)[C@@H](OC(C)(C)C)c1c(C)cn2nc3cc2c1N1CCC(C)(CC1)OCC=CC[C@H](C)Oc1ccc(C#N)cc1-c1cccc-3c1. The molecule has 7 rings (SSSR count). The van der Waals surface area contributed by atoms with Crippen LogP contribution >= 0.6 is 0 Å². The molecule has 2 aromatic heterocycles. The van der Waals surface area contributed by atoms with Crippen molar-refractivity contribution in [1.29, 1.82) is 5.26 Å². The highest BCUT2D eigenvalue weighted by molar-refractivity contribution is 5.88. The number of hydrogen-bond acceptors (Lipinski definition) is 8. The average molecular weight is 663 g/mol. The Morgan fingerprint density at radius 1 is 1.10 bits per heavy atom. The third kappa shape index (κ3) is 7.36. The number of aromatic nitrogens is 2. The maximum atomic E-state index is 13.4. The number of rotatable bonds is 3. The first kappa shape index (κ1) is 34.2. The van der Waals surface area contributed by atoms with Crippen LogP contribution in [-0.2, 0) is 19.0 Å². The molecular formula is C40H46N4O5. The van der Waals surface area contributed by atoms with Crippen LogP contribution in [0.2, 0.25) is 0 Å². The predicted molar refractivity (Wildman–Crippen MR) is 191 cm³/mol. The number of fused-ring (bicyclic) bond motifs is 7. The molecule has 0 saturated carbocycles. The van der Waals surface area contributed by atoms with Crippen LogP contribution in [0, 0.1) is 18.3 Å². The fourth-order valence-electron chi connectivity index (χ4n) is 6.73. The van der Waals surface area contributed by atoms with Gasteiger partial charge in [-0.25, -0.2) is 9.31 Å². The molecular weight excluding hydrogens is 616 g/mol. The van der Waals surface area contributed by atoms with Crippen molar-refractivity contribution in [1.82, 2.24) is 9.61 Å². The minimum absolute atomic E-state index is 0.0825. The second-order valence-corrected chi connectivity index (χ2v) is 14.4. The van der Waals surface area contributed by atoms with E-state index in [0.29, 0.717) is 17.9 Å². The summed E-state index contributed by atoms with van der Waals surface area (Å²) in [7, 11) is 1.40. The number of piperidine rings is 1. The van der Waals surface area contributed by atoms with Gasteiger partial charge in [0.15, 0.2) is 6.10 Å². The van der Waals surface area contributed by atoms with Gasteiger partial charge < -0.3 is 23.8 Å². The van der Waals surface area contributed by atoms with E-state index in [0.717, 1.165) is 77.1 Å². The first-order chi connectivity index (χ1) is 23.4. The summed E-state index contributed by atoms with van der Waals surface area (Å²) in [5.74, 6) is 0.270. The van der Waals surface area contributed by atoms with Crippen molar-refractivity contribution in [2.45, 2.75) is 84.2 Å². The number of nitriles is 1. The van der Waals surface area contributed by atoms with Crippen molar-refractivity contribution < 1.29 is 23.7 Å². The molecule has 9 nitrogen and oxygen atoms in total. The number of carbonyl (C=O) groups is 1. The van der Waals surface area contributed by atoms with E-state index < -0.39 is 17.7 Å². The third-order valence-electron chi connectivity index (χ3n) is 9.33. The second-order valence-electron chi connectivity index (χ2n) is 14.4. The van der Waals surface area contributed by atoms with Crippen molar-refractivity contribution in [2.75, 3.05) is 31.7 Å². The first-order valence-corrected chi connectivity index (χ1v) is 17.0. The predicted octanol–water partition coefficient (Wildman–Crippen LogP) is 7.98. The van der Waals surface area contributed by atoms with Crippen molar-refractivity contribution >= 4 is 17.2 Å². The lowest BCUT2D eigenvalue weighted by Gasteiger charge is -2.41. The number of aryl methyl sites for hydroxylation is 1. The number of ether oxygens (including phenoxy) is 4. The standard InChI is InChI=1S/C40H46N4O5/c1-26-25-44-33-23-32(42-44)30-13-10-12-29(22-30)31-21-28(24-41)14-15-34(31)48-27(2)11-8-9-20-47-40(6)16-18-43(19-17-40)36(33)35(26)37(38(45)46-7)49-39(3,4)5/h8-10,12-15,21-23,25,27,37H,11,16-20H2,1-7H3/t27-,37-/m0/s1. The monoisotopic (exact) mass is 662 g/mol. The summed E-state index contributed by atoms with van der Waals surface area (Å²) >= 11 is 0. The third-order valence-corrected chi connectivity index (χ3v) is 9.33. The van der Waals surface area contributed by atoms with E-state index in [4.69, 9.17) is 24.0 Å². The van der Waals surface area contributed by atoms with Gasteiger partial charge in [0.2, 0.25) is 0 Å². The molecule has 4 aromatic rings. The van der Waals surface area contributed by atoms with E-state index in [2.05, 4.69) is 49.1 Å². The lowest BCUT2D eigenvalue weighted by molar-refractivity contribution is -0.164. The van der Waals surface area contributed by atoms with E-state index in [-0.39, 0.29) is 11.7 Å². The Hall–Kier alpha value is -4.65. The highest BCUT2D eigenvalue weighted by Crippen LogP contribution is 2.42. The van der Waals surface area contributed by atoms with E-state index >= 15 is 0 Å². The molecule has 256 valence electrons. The zero-order valence-corrected chi connectivity index (χ0v) is 29.6. The Morgan fingerprint density at radius 2 is 1.86 bits per heavy atom. The van der Waals surface area contributed by atoms with Crippen molar-refractivity contribution in [3.05, 3.63) is 83.6 Å². The fourth-order valence-corrected chi connectivity index (χ4v) is 6.73. The van der Waals surface area contributed by atoms with Crippen LogP contribution in [-0.4, -0.2) is 59.7 Å². The Kier molecular flexibility index (Phi) is 9.56. The fraction of sp³-hybridized carbons (Fsp3) is 0.425. The number of nitrogens with zero attached hydrogens (tertiary/aromatic N) is 4.